The van der Waals surface area contributed by atoms with E-state index < -0.39 is 0 Å². The third kappa shape index (κ3) is 2.60. The van der Waals surface area contributed by atoms with Crippen molar-refractivity contribution in [3.8, 4) is 0 Å². The maximum absolute atomic E-state index is 12.0. The van der Waals surface area contributed by atoms with Crippen LogP contribution in [0.3, 0.4) is 0 Å². The van der Waals surface area contributed by atoms with Crippen molar-refractivity contribution in [3.05, 3.63) is 34.9 Å². The summed E-state index contributed by atoms with van der Waals surface area (Å²) in [5.41, 5.74) is 7.27. The molecule has 1 aromatic rings. The molecule has 1 saturated carbocycles. The second-order valence-electron chi connectivity index (χ2n) is 7.31. The van der Waals surface area contributed by atoms with E-state index in [2.05, 4.69) is 37.4 Å². The molecular weight excluding hydrogens is 270 g/mol. The number of benzene rings is 1. The normalized spacial score (nSPS) is 19.1. The molecule has 0 aliphatic heterocycles. The second-order valence-corrected chi connectivity index (χ2v) is 7.31. The monoisotopic (exact) mass is 297 g/mol. The Bertz CT molecular complexity index is 635. The highest BCUT2D eigenvalue weighted by Gasteiger charge is 2.49. The first kappa shape index (κ1) is 15.3. The van der Waals surface area contributed by atoms with Crippen molar-refractivity contribution in [3.63, 3.8) is 0 Å². The van der Waals surface area contributed by atoms with Crippen molar-refractivity contribution in [2.75, 3.05) is 5.32 Å². The van der Waals surface area contributed by atoms with Crippen LogP contribution in [0.15, 0.2) is 23.8 Å². The molecular formula is C20H27NO. The molecule has 3 rings (SSSR count). The van der Waals surface area contributed by atoms with Gasteiger partial charge in [0.2, 0.25) is 5.91 Å². The first-order valence-corrected chi connectivity index (χ1v) is 8.61. The van der Waals surface area contributed by atoms with Gasteiger partial charge in [0.15, 0.2) is 0 Å². The molecule has 22 heavy (non-hydrogen) atoms. The van der Waals surface area contributed by atoms with Gasteiger partial charge in [0.05, 0.1) is 0 Å². The van der Waals surface area contributed by atoms with Gasteiger partial charge in [-0.3, -0.25) is 4.79 Å². The lowest BCUT2D eigenvalue weighted by molar-refractivity contribution is -0.118. The number of hydrogen-bond donors (Lipinski definition) is 1. The zero-order valence-corrected chi connectivity index (χ0v) is 14.3. The fraction of sp³-hybridized carbons (Fsp3) is 0.550. The Morgan fingerprint density at radius 2 is 2.00 bits per heavy atom. The largest absolute Gasteiger partial charge is 0.326 e. The van der Waals surface area contributed by atoms with Crippen molar-refractivity contribution in [2.24, 2.45) is 11.3 Å². The molecule has 0 aromatic heterocycles. The van der Waals surface area contributed by atoms with Crippen LogP contribution in [0.4, 0.5) is 5.69 Å². The van der Waals surface area contributed by atoms with E-state index in [1.54, 1.807) is 11.1 Å². The van der Waals surface area contributed by atoms with Crippen LogP contribution < -0.4 is 5.32 Å². The Kier molecular flexibility index (Phi) is 3.88. The van der Waals surface area contributed by atoms with Gasteiger partial charge in [0, 0.05) is 11.6 Å². The SMILES string of the molecule is CCc1cc(C2=C(C)CCC23CC3)ccc1NC(=O)C(C)C. The number of aryl methyl sites for hydroxylation is 1. The number of anilines is 1. The maximum atomic E-state index is 12.0. The lowest BCUT2D eigenvalue weighted by Gasteiger charge is -2.18. The fourth-order valence-corrected chi connectivity index (χ4v) is 3.77. The molecule has 1 amide bonds. The van der Waals surface area contributed by atoms with E-state index in [9.17, 15) is 4.79 Å². The minimum Gasteiger partial charge on any atom is -0.326 e. The Balaban J connectivity index is 1.92. The Labute approximate surface area is 134 Å². The van der Waals surface area contributed by atoms with Crippen LogP contribution >= 0.6 is 0 Å². The highest BCUT2D eigenvalue weighted by molar-refractivity contribution is 5.93. The standard InChI is InChI=1S/C20H27NO/c1-5-15-12-16(6-7-17(15)21-19(22)13(2)3)18-14(4)8-9-20(18)10-11-20/h6-7,12-13H,5,8-11H2,1-4H3,(H,21,22). The van der Waals surface area contributed by atoms with Gasteiger partial charge in [-0.25, -0.2) is 0 Å². The zero-order chi connectivity index (χ0) is 15.9. The van der Waals surface area contributed by atoms with E-state index in [-0.39, 0.29) is 11.8 Å². The smallest absolute Gasteiger partial charge is 0.226 e. The van der Waals surface area contributed by atoms with E-state index in [4.69, 9.17) is 0 Å². The van der Waals surface area contributed by atoms with E-state index in [1.807, 2.05) is 13.8 Å². The second kappa shape index (κ2) is 5.57. The molecule has 1 fully saturated rings. The zero-order valence-electron chi connectivity index (χ0n) is 14.3. The predicted octanol–water partition coefficient (Wildman–Crippen LogP) is 5.19. The summed E-state index contributed by atoms with van der Waals surface area (Å²) in [7, 11) is 0. The highest BCUT2D eigenvalue weighted by atomic mass is 16.1. The summed E-state index contributed by atoms with van der Waals surface area (Å²) in [6, 6.07) is 6.61. The van der Waals surface area contributed by atoms with Crippen molar-refractivity contribution >= 4 is 17.2 Å². The number of allylic oxidation sites excluding steroid dienone is 2. The molecule has 0 unspecified atom stereocenters. The molecule has 1 spiro atoms. The fourth-order valence-electron chi connectivity index (χ4n) is 3.77. The molecule has 2 aliphatic carbocycles. The highest BCUT2D eigenvalue weighted by Crippen LogP contribution is 2.64. The van der Waals surface area contributed by atoms with Crippen LogP contribution in [0.2, 0.25) is 0 Å². The summed E-state index contributed by atoms with van der Waals surface area (Å²) in [5.74, 6) is 0.108. The predicted molar refractivity (Wildman–Crippen MR) is 92.8 cm³/mol. The van der Waals surface area contributed by atoms with E-state index in [0.29, 0.717) is 5.41 Å². The number of carbonyl (C=O) groups excluding carboxylic acids is 1. The Morgan fingerprint density at radius 3 is 2.59 bits per heavy atom. The summed E-state index contributed by atoms with van der Waals surface area (Å²) < 4.78 is 0. The van der Waals surface area contributed by atoms with Crippen molar-refractivity contribution in [1.82, 2.24) is 0 Å². The number of amides is 1. The minimum atomic E-state index is 0.0129. The number of hydrogen-bond acceptors (Lipinski definition) is 1. The van der Waals surface area contributed by atoms with Gasteiger partial charge in [0.1, 0.15) is 0 Å². The van der Waals surface area contributed by atoms with Crippen LogP contribution in [0, 0.1) is 11.3 Å². The van der Waals surface area contributed by atoms with Crippen LogP contribution in [-0.2, 0) is 11.2 Å². The van der Waals surface area contributed by atoms with Gasteiger partial charge < -0.3 is 5.32 Å². The number of rotatable bonds is 4. The Morgan fingerprint density at radius 1 is 1.27 bits per heavy atom. The molecule has 0 heterocycles. The average Bonchev–Trinajstić information content (AvgIpc) is 3.19. The van der Waals surface area contributed by atoms with Gasteiger partial charge in [-0.15, -0.1) is 0 Å². The summed E-state index contributed by atoms with van der Waals surface area (Å²) in [6.45, 7) is 8.31. The maximum Gasteiger partial charge on any atom is 0.226 e. The molecule has 118 valence electrons. The topological polar surface area (TPSA) is 29.1 Å². The van der Waals surface area contributed by atoms with Crippen LogP contribution in [0.1, 0.15) is 64.5 Å². The van der Waals surface area contributed by atoms with Crippen LogP contribution in [0.25, 0.3) is 5.57 Å². The van der Waals surface area contributed by atoms with E-state index in [0.717, 1.165) is 12.1 Å². The summed E-state index contributed by atoms with van der Waals surface area (Å²) in [4.78, 5) is 12.0. The molecule has 0 radical (unpaired) electrons. The quantitative estimate of drug-likeness (QED) is 0.814. The Hall–Kier alpha value is -1.57. The molecule has 2 heteroatoms. The van der Waals surface area contributed by atoms with Crippen molar-refractivity contribution in [1.29, 1.82) is 0 Å². The van der Waals surface area contributed by atoms with Gasteiger partial charge in [-0.1, -0.05) is 32.4 Å². The molecule has 2 nitrogen and oxygen atoms in total. The lowest BCUT2D eigenvalue weighted by Crippen LogP contribution is -2.18. The van der Waals surface area contributed by atoms with Crippen LogP contribution in [0.5, 0.6) is 0 Å². The summed E-state index contributed by atoms with van der Waals surface area (Å²) in [5, 5.41) is 3.07. The van der Waals surface area contributed by atoms with Crippen molar-refractivity contribution in [2.45, 2.75) is 59.8 Å². The number of nitrogens with one attached hydrogen (secondary N) is 1. The van der Waals surface area contributed by atoms with E-state index in [1.165, 1.54) is 36.8 Å². The molecule has 1 N–H and O–H groups in total. The third-order valence-electron chi connectivity index (χ3n) is 5.35. The molecule has 0 atom stereocenters. The van der Waals surface area contributed by atoms with Gasteiger partial charge in [0.25, 0.3) is 0 Å². The summed E-state index contributed by atoms with van der Waals surface area (Å²) in [6.07, 6.45) is 6.24. The van der Waals surface area contributed by atoms with Gasteiger partial charge >= 0.3 is 0 Å². The molecule has 1 aromatic carbocycles. The van der Waals surface area contributed by atoms with Gasteiger partial charge in [-0.2, -0.15) is 0 Å². The molecule has 0 saturated heterocycles. The lowest BCUT2D eigenvalue weighted by atomic mass is 9.89. The summed E-state index contributed by atoms with van der Waals surface area (Å²) >= 11 is 0. The average molecular weight is 297 g/mol. The van der Waals surface area contributed by atoms with E-state index >= 15 is 0 Å². The number of carbonyl (C=O) groups is 1. The third-order valence-corrected chi connectivity index (χ3v) is 5.35. The molecule has 0 bridgehead atoms. The first-order chi connectivity index (χ1) is 10.5. The molecule has 2 aliphatic rings. The van der Waals surface area contributed by atoms with Crippen molar-refractivity contribution < 1.29 is 4.79 Å². The van der Waals surface area contributed by atoms with Gasteiger partial charge in [-0.05, 0) is 73.3 Å². The van der Waals surface area contributed by atoms with Crippen LogP contribution in [-0.4, -0.2) is 5.91 Å². The first-order valence-electron chi connectivity index (χ1n) is 8.61. The minimum absolute atomic E-state index is 0.0129.